The topological polar surface area (TPSA) is 154 Å². The highest BCUT2D eigenvalue weighted by Crippen LogP contribution is 2.32. The van der Waals surface area contributed by atoms with Gasteiger partial charge in [-0.3, -0.25) is 19.1 Å². The van der Waals surface area contributed by atoms with Crippen molar-refractivity contribution < 1.29 is 23.6 Å². The van der Waals surface area contributed by atoms with Gasteiger partial charge in [-0.1, -0.05) is 11.2 Å². The van der Waals surface area contributed by atoms with E-state index in [1.165, 1.54) is 22.6 Å². The number of fused-ring (bicyclic) bond motifs is 1. The van der Waals surface area contributed by atoms with Crippen LogP contribution >= 0.6 is 0 Å². The zero-order chi connectivity index (χ0) is 30.2. The smallest absolute Gasteiger partial charge is 0.414 e. The first kappa shape index (κ1) is 28.7. The van der Waals surface area contributed by atoms with Gasteiger partial charge < -0.3 is 24.6 Å². The van der Waals surface area contributed by atoms with E-state index in [9.17, 15) is 14.4 Å². The maximum absolute atomic E-state index is 13.5. The number of rotatable bonds is 7. The minimum Gasteiger partial charge on any atom is -0.443 e. The van der Waals surface area contributed by atoms with Gasteiger partial charge in [-0.15, -0.1) is 0 Å². The Bertz CT molecular complexity index is 1700. The Morgan fingerprint density at radius 3 is 2.62 bits per heavy atom. The predicted molar refractivity (Wildman–Crippen MR) is 156 cm³/mol. The van der Waals surface area contributed by atoms with Crippen LogP contribution in [0.4, 0.5) is 22.0 Å². The van der Waals surface area contributed by atoms with Crippen molar-refractivity contribution in [3.8, 4) is 5.82 Å². The molecule has 2 amide bonds. The van der Waals surface area contributed by atoms with Crippen LogP contribution < -0.4 is 21.1 Å². The number of hydrogen-bond donors (Lipinski definition) is 2. The van der Waals surface area contributed by atoms with E-state index in [2.05, 4.69) is 25.8 Å². The summed E-state index contributed by atoms with van der Waals surface area (Å²) in [5, 5.41) is 10.0. The van der Waals surface area contributed by atoms with Crippen molar-refractivity contribution in [3.63, 3.8) is 0 Å². The van der Waals surface area contributed by atoms with Crippen LogP contribution in [-0.2, 0) is 9.47 Å². The van der Waals surface area contributed by atoms with Crippen LogP contribution in [0.15, 0.2) is 52.0 Å². The van der Waals surface area contributed by atoms with E-state index in [1.54, 1.807) is 58.5 Å². The second-order valence-corrected chi connectivity index (χ2v) is 11.1. The SMILES string of the molecule is CO[C@@H]1CCC1NC(=O)c1onc2c(N(C)C(=O)OC(C)(C)C)cc(Nc3cccn(-c4ncccc4C)c3=O)nc12. The first-order valence-electron chi connectivity index (χ1n) is 13.5. The average Bonchev–Trinajstić information content (AvgIpc) is 3.35. The Labute approximate surface area is 241 Å². The van der Waals surface area contributed by atoms with Crippen LogP contribution in [0.25, 0.3) is 16.9 Å². The lowest BCUT2D eigenvalue weighted by Gasteiger charge is -2.35. The van der Waals surface area contributed by atoms with Gasteiger partial charge in [-0.25, -0.2) is 14.8 Å². The molecular formula is C29H33N7O6. The summed E-state index contributed by atoms with van der Waals surface area (Å²) in [6.07, 6.45) is 4.09. The molecule has 2 N–H and O–H groups in total. The second-order valence-electron chi connectivity index (χ2n) is 11.1. The fourth-order valence-corrected chi connectivity index (χ4v) is 4.58. The number of aromatic nitrogens is 4. The van der Waals surface area contributed by atoms with Gasteiger partial charge in [0.05, 0.1) is 17.8 Å². The van der Waals surface area contributed by atoms with E-state index in [4.69, 9.17) is 14.0 Å². The van der Waals surface area contributed by atoms with Crippen molar-refractivity contribution in [2.75, 3.05) is 24.4 Å². The van der Waals surface area contributed by atoms with Crippen LogP contribution in [0.3, 0.4) is 0 Å². The Kier molecular flexibility index (Phi) is 7.69. The Morgan fingerprint density at radius 1 is 1.17 bits per heavy atom. The van der Waals surface area contributed by atoms with E-state index >= 15 is 0 Å². The molecule has 0 radical (unpaired) electrons. The zero-order valence-corrected chi connectivity index (χ0v) is 24.3. The number of nitrogens with one attached hydrogen (secondary N) is 2. The summed E-state index contributed by atoms with van der Waals surface area (Å²) in [6, 6.07) is 8.31. The summed E-state index contributed by atoms with van der Waals surface area (Å²) in [4.78, 5) is 49.9. The first-order chi connectivity index (χ1) is 20.0. The summed E-state index contributed by atoms with van der Waals surface area (Å²) < 4.78 is 17.8. The second kappa shape index (κ2) is 11.2. The molecule has 0 saturated heterocycles. The van der Waals surface area contributed by atoms with Gasteiger partial charge in [0, 0.05) is 32.6 Å². The molecule has 1 fully saturated rings. The lowest BCUT2D eigenvalue weighted by Crippen LogP contribution is -2.51. The Hall–Kier alpha value is -4.78. The number of methoxy groups -OCH3 is 1. The van der Waals surface area contributed by atoms with Gasteiger partial charge in [-0.2, -0.15) is 0 Å². The molecule has 42 heavy (non-hydrogen) atoms. The molecule has 1 saturated carbocycles. The van der Waals surface area contributed by atoms with Crippen molar-refractivity contribution in [1.29, 1.82) is 0 Å². The molecule has 4 heterocycles. The number of amides is 2. The van der Waals surface area contributed by atoms with Crippen LogP contribution in [0.5, 0.6) is 0 Å². The van der Waals surface area contributed by atoms with E-state index < -0.39 is 17.6 Å². The molecule has 2 atom stereocenters. The van der Waals surface area contributed by atoms with E-state index in [0.717, 1.165) is 18.4 Å². The molecule has 13 heteroatoms. The Morgan fingerprint density at radius 2 is 1.95 bits per heavy atom. The third-order valence-corrected chi connectivity index (χ3v) is 6.90. The number of carbonyl (C=O) groups is 2. The molecule has 0 spiro atoms. The quantitative estimate of drug-likeness (QED) is 0.329. The number of pyridine rings is 3. The van der Waals surface area contributed by atoms with Crippen molar-refractivity contribution >= 4 is 40.2 Å². The molecule has 13 nitrogen and oxygen atoms in total. The van der Waals surface area contributed by atoms with Crippen molar-refractivity contribution in [2.24, 2.45) is 0 Å². The molecule has 0 aromatic carbocycles. The maximum atomic E-state index is 13.5. The standard InChI is InChI=1S/C29H33N7O6/c1-16-9-7-13-30-25(16)36-14-8-10-18(27(36)38)31-21-15-19(35(5)28(39)41-29(2,3)4)22-23(33-21)24(42-34-22)26(37)32-17-11-12-20(17)40-6/h7-10,13-15,17,20H,11-12H2,1-6H3,(H,31,33)(H,32,37)/t17?,20-/m1/s1. The first-order valence-corrected chi connectivity index (χ1v) is 13.5. The highest BCUT2D eigenvalue weighted by molar-refractivity contribution is 6.07. The monoisotopic (exact) mass is 575 g/mol. The number of nitrogens with zero attached hydrogens (tertiary/aromatic N) is 5. The third kappa shape index (κ3) is 5.68. The van der Waals surface area contributed by atoms with Crippen molar-refractivity contribution in [1.82, 2.24) is 25.0 Å². The molecule has 0 aliphatic heterocycles. The molecule has 4 aromatic rings. The van der Waals surface area contributed by atoms with Gasteiger partial charge in [0.25, 0.3) is 11.5 Å². The van der Waals surface area contributed by atoms with Gasteiger partial charge >= 0.3 is 6.09 Å². The molecular weight excluding hydrogens is 542 g/mol. The summed E-state index contributed by atoms with van der Waals surface area (Å²) >= 11 is 0. The predicted octanol–water partition coefficient (Wildman–Crippen LogP) is 4.10. The van der Waals surface area contributed by atoms with Crippen LogP contribution in [0.2, 0.25) is 0 Å². The van der Waals surface area contributed by atoms with Gasteiger partial charge in [0.2, 0.25) is 5.76 Å². The average molecular weight is 576 g/mol. The highest BCUT2D eigenvalue weighted by atomic mass is 16.6. The van der Waals surface area contributed by atoms with E-state index in [0.29, 0.717) is 5.82 Å². The maximum Gasteiger partial charge on any atom is 0.414 e. The molecule has 1 aliphatic carbocycles. The third-order valence-electron chi connectivity index (χ3n) is 6.90. The van der Waals surface area contributed by atoms with Crippen molar-refractivity contribution in [2.45, 2.75) is 58.3 Å². The minimum atomic E-state index is -0.757. The van der Waals surface area contributed by atoms with Gasteiger partial charge in [0.15, 0.2) is 5.52 Å². The number of ether oxygens (including phenoxy) is 2. The molecule has 5 rings (SSSR count). The number of hydrogen-bond acceptors (Lipinski definition) is 10. The number of aryl methyl sites for hydroxylation is 1. The van der Waals surface area contributed by atoms with Crippen LogP contribution in [-0.4, -0.2) is 63.6 Å². The van der Waals surface area contributed by atoms with Crippen LogP contribution in [0, 0.1) is 6.92 Å². The number of anilines is 3. The summed E-state index contributed by atoms with van der Waals surface area (Å²) in [6.45, 7) is 7.12. The fourth-order valence-electron chi connectivity index (χ4n) is 4.58. The molecule has 220 valence electrons. The lowest BCUT2D eigenvalue weighted by atomic mass is 9.89. The largest absolute Gasteiger partial charge is 0.443 e. The van der Waals surface area contributed by atoms with E-state index in [-0.39, 0.29) is 51.7 Å². The minimum absolute atomic E-state index is 0.0924. The Balaban J connectivity index is 1.57. The van der Waals surface area contributed by atoms with Gasteiger partial charge in [0.1, 0.15) is 28.4 Å². The molecule has 1 unspecified atom stereocenters. The normalized spacial score (nSPS) is 16.5. The molecule has 4 aromatic heterocycles. The highest BCUT2D eigenvalue weighted by Gasteiger charge is 2.34. The van der Waals surface area contributed by atoms with Crippen LogP contribution in [0.1, 0.15) is 49.7 Å². The molecule has 0 bridgehead atoms. The van der Waals surface area contributed by atoms with Crippen molar-refractivity contribution in [3.05, 3.63) is 64.4 Å². The fraction of sp³-hybridized carbons (Fsp3) is 0.379. The van der Waals surface area contributed by atoms with Gasteiger partial charge in [-0.05, 0) is 64.3 Å². The number of carbonyl (C=O) groups excluding carboxylic acids is 2. The summed E-state index contributed by atoms with van der Waals surface area (Å²) in [5.41, 5.74) is 0.419. The molecule has 1 aliphatic rings. The zero-order valence-electron chi connectivity index (χ0n) is 24.3. The summed E-state index contributed by atoms with van der Waals surface area (Å²) in [7, 11) is 3.11. The van der Waals surface area contributed by atoms with E-state index in [1.807, 2.05) is 13.0 Å². The lowest BCUT2D eigenvalue weighted by molar-refractivity contribution is 0.00677. The summed E-state index contributed by atoms with van der Waals surface area (Å²) in [5.74, 6) is 0.00992.